The SMILES string of the molecule is Cc1cc(NC(=O)c2cccc(F)c2)sc1C(=O)N(C)C(C)CN.Cl. The number of thiophene rings is 1. The molecule has 1 aromatic heterocycles. The van der Waals surface area contributed by atoms with Crippen LogP contribution >= 0.6 is 23.7 Å². The smallest absolute Gasteiger partial charge is 0.264 e. The van der Waals surface area contributed by atoms with Crippen LogP contribution in [-0.2, 0) is 0 Å². The standard InChI is InChI=1S/C17H20FN3O2S.ClH/c1-10-7-14(20-16(22)12-5-4-6-13(18)8-12)24-15(10)17(23)21(3)11(2)9-19;/h4-8,11H,9,19H2,1-3H3,(H,20,22);1H. The summed E-state index contributed by atoms with van der Waals surface area (Å²) < 4.78 is 13.2. The molecular formula is C17H21ClFN3O2S. The van der Waals surface area contributed by atoms with E-state index >= 15 is 0 Å². The maximum atomic E-state index is 13.2. The van der Waals surface area contributed by atoms with Gasteiger partial charge in [-0.15, -0.1) is 23.7 Å². The Kier molecular flexibility index (Phi) is 7.54. The molecule has 2 amide bonds. The summed E-state index contributed by atoms with van der Waals surface area (Å²) in [4.78, 5) is 26.8. The predicted molar refractivity (Wildman–Crippen MR) is 101 cm³/mol. The van der Waals surface area contributed by atoms with E-state index in [2.05, 4.69) is 5.32 Å². The summed E-state index contributed by atoms with van der Waals surface area (Å²) in [6, 6.07) is 7.10. The molecule has 2 rings (SSSR count). The van der Waals surface area contributed by atoms with Crippen LogP contribution in [0.5, 0.6) is 0 Å². The van der Waals surface area contributed by atoms with Crippen LogP contribution in [0, 0.1) is 12.7 Å². The van der Waals surface area contributed by atoms with Gasteiger partial charge >= 0.3 is 0 Å². The fourth-order valence-electron chi connectivity index (χ4n) is 2.09. The number of nitrogens with zero attached hydrogens (tertiary/aromatic N) is 1. The Morgan fingerprint density at radius 2 is 2.04 bits per heavy atom. The van der Waals surface area contributed by atoms with Crippen molar-refractivity contribution < 1.29 is 14.0 Å². The first-order chi connectivity index (χ1) is 11.3. The highest BCUT2D eigenvalue weighted by Gasteiger charge is 2.21. The zero-order valence-electron chi connectivity index (χ0n) is 14.2. The molecule has 0 bridgehead atoms. The van der Waals surface area contributed by atoms with Crippen molar-refractivity contribution >= 4 is 40.6 Å². The van der Waals surface area contributed by atoms with Crippen LogP contribution in [0.3, 0.4) is 0 Å². The zero-order valence-corrected chi connectivity index (χ0v) is 15.8. The van der Waals surface area contributed by atoms with E-state index in [1.165, 1.54) is 35.6 Å². The van der Waals surface area contributed by atoms with E-state index < -0.39 is 11.7 Å². The minimum Gasteiger partial charge on any atom is -0.337 e. The fourth-order valence-corrected chi connectivity index (χ4v) is 3.14. The average molecular weight is 386 g/mol. The monoisotopic (exact) mass is 385 g/mol. The van der Waals surface area contributed by atoms with Gasteiger partial charge in [-0.05, 0) is 43.7 Å². The van der Waals surface area contributed by atoms with Gasteiger partial charge in [0.25, 0.3) is 11.8 Å². The first-order valence-corrected chi connectivity index (χ1v) is 8.29. The molecule has 25 heavy (non-hydrogen) atoms. The number of nitrogens with two attached hydrogens (primary N) is 1. The van der Waals surface area contributed by atoms with Crippen molar-refractivity contribution in [3.63, 3.8) is 0 Å². The van der Waals surface area contributed by atoms with Crippen molar-refractivity contribution in [2.75, 3.05) is 18.9 Å². The van der Waals surface area contributed by atoms with Gasteiger partial charge in [0.05, 0.1) is 9.88 Å². The molecule has 1 atom stereocenters. The Labute approximate surface area is 156 Å². The van der Waals surface area contributed by atoms with Crippen molar-refractivity contribution in [3.8, 4) is 0 Å². The van der Waals surface area contributed by atoms with Crippen molar-refractivity contribution in [3.05, 3.63) is 52.2 Å². The lowest BCUT2D eigenvalue weighted by Gasteiger charge is -2.23. The maximum Gasteiger partial charge on any atom is 0.264 e. The maximum absolute atomic E-state index is 13.2. The van der Waals surface area contributed by atoms with Crippen LogP contribution in [0.1, 0.15) is 32.5 Å². The number of carbonyl (C=O) groups is 2. The van der Waals surface area contributed by atoms with Gasteiger partial charge in [0.2, 0.25) is 0 Å². The summed E-state index contributed by atoms with van der Waals surface area (Å²) >= 11 is 1.19. The molecule has 5 nitrogen and oxygen atoms in total. The van der Waals surface area contributed by atoms with E-state index in [4.69, 9.17) is 5.73 Å². The molecule has 1 unspecified atom stereocenters. The first-order valence-electron chi connectivity index (χ1n) is 7.48. The van der Waals surface area contributed by atoms with E-state index in [1.54, 1.807) is 18.0 Å². The van der Waals surface area contributed by atoms with Gasteiger partial charge in [0, 0.05) is 25.2 Å². The van der Waals surface area contributed by atoms with Crippen molar-refractivity contribution in [1.29, 1.82) is 0 Å². The second-order valence-electron chi connectivity index (χ2n) is 5.59. The van der Waals surface area contributed by atoms with E-state index in [1.807, 2.05) is 13.8 Å². The molecular weight excluding hydrogens is 365 g/mol. The van der Waals surface area contributed by atoms with Gasteiger partial charge in [-0.2, -0.15) is 0 Å². The molecule has 0 aliphatic rings. The lowest BCUT2D eigenvalue weighted by molar-refractivity contribution is 0.0752. The number of benzene rings is 1. The van der Waals surface area contributed by atoms with Crippen LogP contribution < -0.4 is 11.1 Å². The Balaban J connectivity index is 0.00000312. The first kappa shape index (κ1) is 21.1. The lowest BCUT2D eigenvalue weighted by atomic mass is 10.2. The third kappa shape index (κ3) is 5.01. The van der Waals surface area contributed by atoms with Crippen molar-refractivity contribution in [2.45, 2.75) is 19.9 Å². The molecule has 0 fully saturated rings. The molecule has 1 heterocycles. The Hall–Kier alpha value is -1.96. The predicted octanol–water partition coefficient (Wildman–Crippen LogP) is 3.29. The molecule has 1 aromatic carbocycles. The molecule has 0 aliphatic heterocycles. The second kappa shape index (κ2) is 8.94. The fraction of sp³-hybridized carbons (Fsp3) is 0.294. The van der Waals surface area contributed by atoms with Gasteiger partial charge in [-0.25, -0.2) is 4.39 Å². The highest BCUT2D eigenvalue weighted by Crippen LogP contribution is 2.28. The van der Waals surface area contributed by atoms with Gasteiger partial charge in [-0.3, -0.25) is 9.59 Å². The van der Waals surface area contributed by atoms with Crippen molar-refractivity contribution in [1.82, 2.24) is 4.90 Å². The summed E-state index contributed by atoms with van der Waals surface area (Å²) in [5.41, 5.74) is 6.59. The summed E-state index contributed by atoms with van der Waals surface area (Å²) in [6.45, 7) is 4.05. The quantitative estimate of drug-likeness (QED) is 0.829. The molecule has 0 saturated heterocycles. The number of anilines is 1. The topological polar surface area (TPSA) is 75.4 Å². The normalized spacial score (nSPS) is 11.4. The van der Waals surface area contributed by atoms with E-state index in [-0.39, 0.29) is 29.9 Å². The number of amides is 2. The Morgan fingerprint density at radius 3 is 2.64 bits per heavy atom. The molecule has 136 valence electrons. The number of likely N-dealkylation sites (N-methyl/N-ethyl adjacent to an activating group) is 1. The number of hydrogen-bond acceptors (Lipinski definition) is 4. The summed E-state index contributed by atoms with van der Waals surface area (Å²) in [5, 5.41) is 3.24. The number of nitrogens with one attached hydrogen (secondary N) is 1. The molecule has 2 aromatic rings. The van der Waals surface area contributed by atoms with Gasteiger partial charge in [0.15, 0.2) is 0 Å². The number of carbonyl (C=O) groups excluding carboxylic acids is 2. The van der Waals surface area contributed by atoms with Crippen molar-refractivity contribution in [2.24, 2.45) is 5.73 Å². The van der Waals surface area contributed by atoms with Crippen LogP contribution in [0.25, 0.3) is 0 Å². The number of hydrogen-bond donors (Lipinski definition) is 2. The van der Waals surface area contributed by atoms with Gasteiger partial charge in [0.1, 0.15) is 5.82 Å². The lowest BCUT2D eigenvalue weighted by Crippen LogP contribution is -2.39. The van der Waals surface area contributed by atoms with Crippen LogP contribution in [0.2, 0.25) is 0 Å². The molecule has 0 spiro atoms. The molecule has 3 N–H and O–H groups in total. The van der Waals surface area contributed by atoms with Crippen LogP contribution in [0.4, 0.5) is 9.39 Å². The third-order valence-corrected chi connectivity index (χ3v) is 4.90. The molecule has 0 saturated carbocycles. The van der Waals surface area contributed by atoms with Gasteiger partial charge in [-0.1, -0.05) is 6.07 Å². The minimum atomic E-state index is -0.474. The van der Waals surface area contributed by atoms with E-state index in [0.29, 0.717) is 16.4 Å². The van der Waals surface area contributed by atoms with Crippen LogP contribution in [-0.4, -0.2) is 36.3 Å². The molecule has 0 radical (unpaired) electrons. The van der Waals surface area contributed by atoms with E-state index in [0.717, 1.165) is 5.56 Å². The Bertz CT molecular complexity index is 766. The molecule has 0 aliphatic carbocycles. The van der Waals surface area contributed by atoms with Crippen LogP contribution in [0.15, 0.2) is 30.3 Å². The Morgan fingerprint density at radius 1 is 1.36 bits per heavy atom. The largest absolute Gasteiger partial charge is 0.337 e. The number of rotatable bonds is 5. The van der Waals surface area contributed by atoms with E-state index in [9.17, 15) is 14.0 Å². The number of halogens is 2. The second-order valence-corrected chi connectivity index (χ2v) is 6.64. The summed E-state index contributed by atoms with van der Waals surface area (Å²) in [7, 11) is 1.70. The minimum absolute atomic E-state index is 0. The highest BCUT2D eigenvalue weighted by atomic mass is 35.5. The summed E-state index contributed by atoms with van der Waals surface area (Å²) in [5.74, 6) is -1.03. The third-order valence-electron chi connectivity index (χ3n) is 3.76. The highest BCUT2D eigenvalue weighted by molar-refractivity contribution is 7.18. The average Bonchev–Trinajstić information content (AvgIpc) is 2.92. The zero-order chi connectivity index (χ0) is 17.9. The molecule has 8 heteroatoms. The number of aryl methyl sites for hydroxylation is 1. The summed E-state index contributed by atoms with van der Waals surface area (Å²) in [6.07, 6.45) is 0. The van der Waals surface area contributed by atoms with Gasteiger partial charge < -0.3 is 16.0 Å².